The number of anilines is 1. The van der Waals surface area contributed by atoms with E-state index in [9.17, 15) is 4.79 Å². The fraction of sp³-hybridized carbons (Fsp3) is 0.250. The zero-order valence-electron chi connectivity index (χ0n) is 14.5. The van der Waals surface area contributed by atoms with Gasteiger partial charge in [-0.2, -0.15) is 0 Å². The van der Waals surface area contributed by atoms with Crippen molar-refractivity contribution in [1.82, 2.24) is 0 Å². The third kappa shape index (κ3) is 5.16. The number of aryl methyl sites for hydroxylation is 1. The molecule has 0 saturated carbocycles. The highest BCUT2D eigenvalue weighted by atomic mass is 16.5. The molecule has 2 rings (SSSR count). The number of methoxy groups -OCH3 is 1. The number of carbonyl (C=O) groups is 1. The molecule has 4 heteroatoms. The Kier molecular flexibility index (Phi) is 6.01. The van der Waals surface area contributed by atoms with Gasteiger partial charge in [0.1, 0.15) is 0 Å². The summed E-state index contributed by atoms with van der Waals surface area (Å²) in [6.45, 7) is 5.93. The lowest BCUT2D eigenvalue weighted by molar-refractivity contribution is -0.111. The van der Waals surface area contributed by atoms with Gasteiger partial charge in [-0.15, -0.1) is 0 Å². The van der Waals surface area contributed by atoms with Crippen LogP contribution in [0.2, 0.25) is 0 Å². The second-order valence-electron chi connectivity index (χ2n) is 5.77. The van der Waals surface area contributed by atoms with Crippen LogP contribution in [-0.2, 0) is 4.79 Å². The Morgan fingerprint density at radius 3 is 2.42 bits per heavy atom. The van der Waals surface area contributed by atoms with E-state index in [0.29, 0.717) is 11.5 Å². The van der Waals surface area contributed by atoms with E-state index in [4.69, 9.17) is 9.47 Å². The molecule has 0 saturated heterocycles. The van der Waals surface area contributed by atoms with Crippen molar-refractivity contribution in [2.24, 2.45) is 0 Å². The molecule has 0 radical (unpaired) electrons. The minimum absolute atomic E-state index is 0.0700. The standard InChI is InChI=1S/C20H23NO3/c1-14(2)24-18-11-7-16(13-19(18)23-4)8-12-20(22)21-17-9-5-15(3)6-10-17/h5-14H,1-4H3,(H,21,22). The highest BCUT2D eigenvalue weighted by Crippen LogP contribution is 2.29. The molecule has 0 aliphatic heterocycles. The van der Waals surface area contributed by atoms with Crippen LogP contribution in [0.1, 0.15) is 25.0 Å². The Labute approximate surface area is 143 Å². The molecule has 0 aromatic heterocycles. The van der Waals surface area contributed by atoms with E-state index in [2.05, 4.69) is 5.32 Å². The van der Waals surface area contributed by atoms with Gasteiger partial charge in [0.25, 0.3) is 0 Å². The van der Waals surface area contributed by atoms with Crippen LogP contribution in [0.4, 0.5) is 5.69 Å². The van der Waals surface area contributed by atoms with Crippen molar-refractivity contribution in [2.45, 2.75) is 26.9 Å². The monoisotopic (exact) mass is 325 g/mol. The molecule has 0 bridgehead atoms. The van der Waals surface area contributed by atoms with Gasteiger partial charge in [0.2, 0.25) is 5.91 Å². The molecule has 0 atom stereocenters. The number of hydrogen-bond donors (Lipinski definition) is 1. The number of hydrogen-bond acceptors (Lipinski definition) is 3. The van der Waals surface area contributed by atoms with E-state index >= 15 is 0 Å². The summed E-state index contributed by atoms with van der Waals surface area (Å²) in [5.74, 6) is 1.15. The van der Waals surface area contributed by atoms with E-state index < -0.39 is 0 Å². The van der Waals surface area contributed by atoms with Gasteiger partial charge in [0.15, 0.2) is 11.5 Å². The Hall–Kier alpha value is -2.75. The molecule has 0 heterocycles. The van der Waals surface area contributed by atoms with Gasteiger partial charge in [-0.1, -0.05) is 23.8 Å². The maximum Gasteiger partial charge on any atom is 0.248 e. The molecule has 1 amide bonds. The van der Waals surface area contributed by atoms with Gasteiger partial charge in [-0.05, 0) is 56.7 Å². The first-order valence-electron chi connectivity index (χ1n) is 7.88. The number of amides is 1. The van der Waals surface area contributed by atoms with Crippen LogP contribution < -0.4 is 14.8 Å². The third-order valence-electron chi connectivity index (χ3n) is 3.30. The summed E-state index contributed by atoms with van der Waals surface area (Å²) in [6, 6.07) is 13.2. The summed E-state index contributed by atoms with van der Waals surface area (Å²) in [6.07, 6.45) is 3.31. The van der Waals surface area contributed by atoms with Crippen molar-refractivity contribution in [3.05, 3.63) is 59.7 Å². The van der Waals surface area contributed by atoms with E-state index in [1.807, 2.05) is 63.2 Å². The van der Waals surface area contributed by atoms with Crippen molar-refractivity contribution < 1.29 is 14.3 Å². The van der Waals surface area contributed by atoms with E-state index in [-0.39, 0.29) is 12.0 Å². The molecule has 4 nitrogen and oxygen atoms in total. The molecular formula is C20H23NO3. The van der Waals surface area contributed by atoms with Crippen LogP contribution in [-0.4, -0.2) is 19.1 Å². The van der Waals surface area contributed by atoms with Crippen LogP contribution >= 0.6 is 0 Å². The van der Waals surface area contributed by atoms with Gasteiger partial charge < -0.3 is 14.8 Å². The summed E-state index contributed by atoms with van der Waals surface area (Å²) in [5, 5.41) is 2.82. The molecule has 1 N–H and O–H groups in total. The normalized spacial score (nSPS) is 10.9. The zero-order valence-corrected chi connectivity index (χ0v) is 14.5. The van der Waals surface area contributed by atoms with Crippen molar-refractivity contribution in [3.63, 3.8) is 0 Å². The Balaban J connectivity index is 2.05. The summed E-state index contributed by atoms with van der Waals surface area (Å²) in [5.41, 5.74) is 2.79. The Bertz CT molecular complexity index is 718. The lowest BCUT2D eigenvalue weighted by Crippen LogP contribution is -2.07. The minimum atomic E-state index is -0.180. The maximum absolute atomic E-state index is 12.0. The number of carbonyl (C=O) groups excluding carboxylic acids is 1. The largest absolute Gasteiger partial charge is 0.493 e. The van der Waals surface area contributed by atoms with Crippen LogP contribution in [0.5, 0.6) is 11.5 Å². The number of benzene rings is 2. The number of nitrogens with one attached hydrogen (secondary N) is 1. The lowest BCUT2D eigenvalue weighted by Gasteiger charge is -2.13. The summed E-state index contributed by atoms with van der Waals surface area (Å²) in [7, 11) is 1.60. The Morgan fingerprint density at radius 2 is 1.79 bits per heavy atom. The summed E-state index contributed by atoms with van der Waals surface area (Å²) in [4.78, 5) is 12.0. The zero-order chi connectivity index (χ0) is 17.5. The van der Waals surface area contributed by atoms with Crippen molar-refractivity contribution in [1.29, 1.82) is 0 Å². The fourth-order valence-electron chi connectivity index (χ4n) is 2.13. The molecule has 2 aromatic rings. The number of rotatable bonds is 6. The highest BCUT2D eigenvalue weighted by Gasteiger charge is 2.06. The van der Waals surface area contributed by atoms with Crippen LogP contribution in [0.15, 0.2) is 48.5 Å². The Morgan fingerprint density at radius 1 is 1.08 bits per heavy atom. The minimum Gasteiger partial charge on any atom is -0.493 e. The average molecular weight is 325 g/mol. The maximum atomic E-state index is 12.0. The first-order chi connectivity index (χ1) is 11.5. The van der Waals surface area contributed by atoms with Gasteiger partial charge in [0, 0.05) is 11.8 Å². The van der Waals surface area contributed by atoms with Crippen molar-refractivity contribution in [2.75, 3.05) is 12.4 Å². The van der Waals surface area contributed by atoms with Crippen LogP contribution in [0, 0.1) is 6.92 Å². The predicted molar refractivity (Wildman–Crippen MR) is 97.6 cm³/mol. The second kappa shape index (κ2) is 8.20. The third-order valence-corrected chi connectivity index (χ3v) is 3.30. The van der Waals surface area contributed by atoms with E-state index in [1.54, 1.807) is 13.2 Å². The molecule has 24 heavy (non-hydrogen) atoms. The fourth-order valence-corrected chi connectivity index (χ4v) is 2.13. The molecule has 0 fully saturated rings. The van der Waals surface area contributed by atoms with Crippen molar-refractivity contribution in [3.8, 4) is 11.5 Å². The first kappa shape index (κ1) is 17.6. The lowest BCUT2D eigenvalue weighted by atomic mass is 10.2. The first-order valence-corrected chi connectivity index (χ1v) is 7.88. The molecule has 0 aliphatic carbocycles. The van der Waals surface area contributed by atoms with Crippen LogP contribution in [0.3, 0.4) is 0 Å². The molecule has 0 aliphatic rings. The molecule has 0 spiro atoms. The van der Waals surface area contributed by atoms with E-state index in [0.717, 1.165) is 16.8 Å². The number of ether oxygens (including phenoxy) is 2. The predicted octanol–water partition coefficient (Wildman–Crippen LogP) is 4.44. The molecule has 2 aromatic carbocycles. The highest BCUT2D eigenvalue weighted by molar-refractivity contribution is 6.01. The van der Waals surface area contributed by atoms with E-state index in [1.165, 1.54) is 6.08 Å². The molecule has 0 unspecified atom stereocenters. The SMILES string of the molecule is COc1cc(C=CC(=O)Nc2ccc(C)cc2)ccc1OC(C)C. The van der Waals surface area contributed by atoms with Gasteiger partial charge in [-0.3, -0.25) is 4.79 Å². The second-order valence-corrected chi connectivity index (χ2v) is 5.77. The van der Waals surface area contributed by atoms with Crippen molar-refractivity contribution >= 4 is 17.7 Å². The topological polar surface area (TPSA) is 47.6 Å². The quantitative estimate of drug-likeness (QED) is 0.799. The summed E-state index contributed by atoms with van der Waals surface area (Å²) < 4.78 is 11.0. The molecule has 126 valence electrons. The van der Waals surface area contributed by atoms with Gasteiger partial charge in [-0.25, -0.2) is 0 Å². The van der Waals surface area contributed by atoms with Gasteiger partial charge >= 0.3 is 0 Å². The molecular weight excluding hydrogens is 302 g/mol. The van der Waals surface area contributed by atoms with Crippen LogP contribution in [0.25, 0.3) is 6.08 Å². The smallest absolute Gasteiger partial charge is 0.248 e. The average Bonchev–Trinajstić information content (AvgIpc) is 2.55. The summed E-state index contributed by atoms with van der Waals surface area (Å²) >= 11 is 0. The van der Waals surface area contributed by atoms with Gasteiger partial charge in [0.05, 0.1) is 13.2 Å².